The number of aliphatic imine (C=N–C) groups is 1. The molecule has 0 unspecified atom stereocenters. The van der Waals surface area contributed by atoms with Gasteiger partial charge in [0.2, 0.25) is 6.08 Å². The van der Waals surface area contributed by atoms with Gasteiger partial charge in [-0.15, -0.1) is 0 Å². The molecule has 0 saturated heterocycles. The highest BCUT2D eigenvalue weighted by Crippen LogP contribution is 2.50. The second kappa shape index (κ2) is 3.72. The van der Waals surface area contributed by atoms with Gasteiger partial charge in [-0.3, -0.25) is 0 Å². The third kappa shape index (κ3) is 1.61. The van der Waals surface area contributed by atoms with Crippen molar-refractivity contribution in [3.05, 3.63) is 29.1 Å². The Morgan fingerprint density at radius 2 is 2.19 bits per heavy atom. The first-order valence-corrected chi connectivity index (χ1v) is 5.06. The van der Waals surface area contributed by atoms with Gasteiger partial charge < -0.3 is 4.74 Å². The minimum absolute atomic E-state index is 0.215. The third-order valence-corrected chi connectivity index (χ3v) is 2.98. The van der Waals surface area contributed by atoms with Crippen LogP contribution in [0.1, 0.15) is 24.0 Å². The van der Waals surface area contributed by atoms with E-state index in [1.165, 1.54) is 13.2 Å². The van der Waals surface area contributed by atoms with Crippen LogP contribution in [0.3, 0.4) is 0 Å². The van der Waals surface area contributed by atoms with E-state index < -0.39 is 11.4 Å². The lowest BCUT2D eigenvalue weighted by Crippen LogP contribution is -2.06. The van der Waals surface area contributed by atoms with Crippen molar-refractivity contribution in [2.45, 2.75) is 25.3 Å². The Bertz CT molecular complexity index is 474. The van der Waals surface area contributed by atoms with E-state index in [1.807, 2.05) is 6.92 Å². The van der Waals surface area contributed by atoms with Crippen molar-refractivity contribution < 1.29 is 13.9 Å². The minimum atomic E-state index is -0.529. The number of halogens is 1. The quantitative estimate of drug-likeness (QED) is 0.581. The molecule has 0 heterocycles. The fraction of sp³-hybridized carbons (Fsp3) is 0.417. The molecule has 4 heteroatoms. The first-order valence-electron chi connectivity index (χ1n) is 5.06. The number of methoxy groups -OCH3 is 1. The van der Waals surface area contributed by atoms with Crippen LogP contribution in [0, 0.1) is 12.7 Å². The summed E-state index contributed by atoms with van der Waals surface area (Å²) in [7, 11) is 1.42. The second-order valence-electron chi connectivity index (χ2n) is 4.04. The molecule has 2 rings (SSSR count). The number of benzene rings is 1. The molecular formula is C12H12FNO2. The van der Waals surface area contributed by atoms with Gasteiger partial charge in [-0.05, 0) is 43.0 Å². The van der Waals surface area contributed by atoms with Crippen LogP contribution in [0.25, 0.3) is 0 Å². The van der Waals surface area contributed by atoms with Gasteiger partial charge in [-0.2, -0.15) is 4.99 Å². The van der Waals surface area contributed by atoms with Gasteiger partial charge >= 0.3 is 0 Å². The highest BCUT2D eigenvalue weighted by molar-refractivity contribution is 5.46. The van der Waals surface area contributed by atoms with Gasteiger partial charge in [0.15, 0.2) is 11.6 Å². The summed E-state index contributed by atoms with van der Waals surface area (Å²) in [4.78, 5) is 14.1. The zero-order chi connectivity index (χ0) is 11.8. The predicted molar refractivity (Wildman–Crippen MR) is 56.7 cm³/mol. The number of aryl methyl sites for hydroxylation is 1. The summed E-state index contributed by atoms with van der Waals surface area (Å²) in [6, 6.07) is 3.03. The zero-order valence-electron chi connectivity index (χ0n) is 9.21. The van der Waals surface area contributed by atoms with Gasteiger partial charge in [0.25, 0.3) is 0 Å². The molecule has 1 aromatic carbocycles. The van der Waals surface area contributed by atoms with E-state index in [0.29, 0.717) is 0 Å². The Morgan fingerprint density at radius 1 is 1.50 bits per heavy atom. The largest absolute Gasteiger partial charge is 0.494 e. The summed E-state index contributed by atoms with van der Waals surface area (Å²) in [5, 5.41) is 0. The monoisotopic (exact) mass is 221 g/mol. The number of rotatable bonds is 3. The van der Waals surface area contributed by atoms with Crippen molar-refractivity contribution >= 4 is 6.08 Å². The van der Waals surface area contributed by atoms with E-state index in [0.717, 1.165) is 24.0 Å². The van der Waals surface area contributed by atoms with Gasteiger partial charge in [0.05, 0.1) is 12.6 Å². The van der Waals surface area contributed by atoms with E-state index in [1.54, 1.807) is 12.1 Å². The summed E-state index contributed by atoms with van der Waals surface area (Å²) in [6.45, 7) is 1.86. The second-order valence-corrected chi connectivity index (χ2v) is 4.04. The van der Waals surface area contributed by atoms with Crippen LogP contribution in [0.2, 0.25) is 0 Å². The lowest BCUT2D eigenvalue weighted by molar-refractivity contribution is 0.385. The van der Waals surface area contributed by atoms with Crippen molar-refractivity contribution in [1.29, 1.82) is 0 Å². The summed E-state index contributed by atoms with van der Waals surface area (Å²) in [5.41, 5.74) is 1.11. The van der Waals surface area contributed by atoms with Crippen molar-refractivity contribution in [2.24, 2.45) is 4.99 Å². The lowest BCUT2D eigenvalue weighted by Gasteiger charge is -2.13. The Labute approximate surface area is 93.0 Å². The lowest BCUT2D eigenvalue weighted by atomic mass is 9.99. The number of nitrogens with zero attached hydrogens (tertiary/aromatic N) is 1. The van der Waals surface area contributed by atoms with Crippen LogP contribution in [0.4, 0.5) is 4.39 Å². The van der Waals surface area contributed by atoms with E-state index in [4.69, 9.17) is 4.74 Å². The third-order valence-electron chi connectivity index (χ3n) is 2.98. The Balaban J connectivity index is 2.50. The normalized spacial score (nSPS) is 16.4. The molecule has 0 spiro atoms. The SMILES string of the molecule is COc1cc(C)c(C2(N=C=O)CC2)cc1F. The van der Waals surface area contributed by atoms with E-state index >= 15 is 0 Å². The predicted octanol–water partition coefficient (Wildman–Crippen LogP) is 2.47. The molecule has 0 aromatic heterocycles. The number of hydrogen-bond donors (Lipinski definition) is 0. The first kappa shape index (κ1) is 10.8. The molecule has 1 aliphatic rings. The van der Waals surface area contributed by atoms with Crippen molar-refractivity contribution in [2.75, 3.05) is 7.11 Å². The van der Waals surface area contributed by atoms with E-state index in [-0.39, 0.29) is 5.75 Å². The maximum absolute atomic E-state index is 13.6. The zero-order valence-corrected chi connectivity index (χ0v) is 9.21. The molecule has 0 radical (unpaired) electrons. The van der Waals surface area contributed by atoms with E-state index in [9.17, 15) is 9.18 Å². The smallest absolute Gasteiger partial charge is 0.235 e. The molecule has 1 saturated carbocycles. The molecule has 0 atom stereocenters. The number of ether oxygens (including phenoxy) is 1. The fourth-order valence-corrected chi connectivity index (χ4v) is 1.96. The highest BCUT2D eigenvalue weighted by Gasteiger charge is 2.46. The Morgan fingerprint density at radius 3 is 2.69 bits per heavy atom. The topological polar surface area (TPSA) is 38.7 Å². The van der Waals surface area contributed by atoms with E-state index in [2.05, 4.69) is 4.99 Å². The van der Waals surface area contributed by atoms with Gasteiger partial charge in [0.1, 0.15) is 0 Å². The number of carbonyl (C=O) groups excluding carboxylic acids is 1. The molecule has 1 aromatic rings. The summed E-state index contributed by atoms with van der Waals surface area (Å²) in [6.07, 6.45) is 3.11. The van der Waals surface area contributed by atoms with Crippen LogP contribution in [0.5, 0.6) is 5.75 Å². The number of isocyanates is 1. The molecule has 0 aliphatic heterocycles. The highest BCUT2D eigenvalue weighted by atomic mass is 19.1. The summed E-state index contributed by atoms with van der Waals surface area (Å²) in [5.74, 6) is -0.206. The molecule has 3 nitrogen and oxygen atoms in total. The molecule has 84 valence electrons. The fourth-order valence-electron chi connectivity index (χ4n) is 1.96. The maximum atomic E-state index is 13.6. The molecule has 16 heavy (non-hydrogen) atoms. The maximum Gasteiger partial charge on any atom is 0.235 e. The van der Waals surface area contributed by atoms with Gasteiger partial charge in [-0.1, -0.05) is 0 Å². The van der Waals surface area contributed by atoms with Crippen molar-refractivity contribution in [3.8, 4) is 5.75 Å². The standard InChI is InChI=1S/C12H12FNO2/c1-8-5-11(16-2)10(13)6-9(8)12(3-4-12)14-7-15/h5-6H,3-4H2,1-2H3. The van der Waals surface area contributed by atoms with Crippen molar-refractivity contribution in [3.63, 3.8) is 0 Å². The Hall–Kier alpha value is -1.67. The summed E-state index contributed by atoms with van der Waals surface area (Å²) < 4.78 is 18.5. The van der Waals surface area contributed by atoms with Crippen LogP contribution in [-0.4, -0.2) is 13.2 Å². The molecule has 1 aliphatic carbocycles. The molecule has 0 bridgehead atoms. The number of hydrogen-bond acceptors (Lipinski definition) is 3. The first-order chi connectivity index (χ1) is 7.63. The average Bonchev–Trinajstić information content (AvgIpc) is 3.02. The molecular weight excluding hydrogens is 209 g/mol. The van der Waals surface area contributed by atoms with Crippen LogP contribution < -0.4 is 4.74 Å². The summed E-state index contributed by atoms with van der Waals surface area (Å²) >= 11 is 0. The molecule has 1 fully saturated rings. The Kier molecular flexibility index (Phi) is 2.52. The minimum Gasteiger partial charge on any atom is -0.494 e. The van der Waals surface area contributed by atoms with Crippen LogP contribution >= 0.6 is 0 Å². The van der Waals surface area contributed by atoms with Crippen molar-refractivity contribution in [1.82, 2.24) is 0 Å². The molecule has 0 N–H and O–H groups in total. The molecule has 0 amide bonds. The van der Waals surface area contributed by atoms with Crippen LogP contribution in [-0.2, 0) is 10.3 Å². The average molecular weight is 221 g/mol. The van der Waals surface area contributed by atoms with Gasteiger partial charge in [0, 0.05) is 0 Å². The van der Waals surface area contributed by atoms with Crippen LogP contribution in [0.15, 0.2) is 17.1 Å². The van der Waals surface area contributed by atoms with Gasteiger partial charge in [-0.25, -0.2) is 9.18 Å².